The first kappa shape index (κ1) is 26.3. The lowest BCUT2D eigenvalue weighted by molar-refractivity contribution is 0.0688. The van der Waals surface area contributed by atoms with Crippen LogP contribution in [0.5, 0.6) is 5.75 Å². The molecule has 0 saturated heterocycles. The molecule has 8 nitrogen and oxygen atoms in total. The molecule has 4 aromatic heterocycles. The Hall–Kier alpha value is -3.76. The zero-order valence-corrected chi connectivity index (χ0v) is 21.6. The Morgan fingerprint density at radius 2 is 1.84 bits per heavy atom. The standard InChI is InChI=1S/C26H24ClF2N5O3/c1-13-10-32-22(18-6-7-30-25(33-18)26(4,5)36)15(3)23(13)34-14(2)8-20(21(27)24(34)35)37-12-19-17(29)9-16(28)11-31-19/h6-11,36H,12H2,1-5H3. The fourth-order valence-electron chi connectivity index (χ4n) is 3.87. The van der Waals surface area contributed by atoms with Crippen molar-refractivity contribution in [3.8, 4) is 22.8 Å². The molecule has 0 aliphatic rings. The molecule has 0 bridgehead atoms. The Kier molecular flexibility index (Phi) is 7.07. The van der Waals surface area contributed by atoms with E-state index in [9.17, 15) is 18.7 Å². The third kappa shape index (κ3) is 5.21. The number of halogens is 3. The zero-order valence-electron chi connectivity index (χ0n) is 20.8. The zero-order chi connectivity index (χ0) is 27.1. The third-order valence-corrected chi connectivity index (χ3v) is 6.04. The van der Waals surface area contributed by atoms with Crippen LogP contribution < -0.4 is 10.3 Å². The van der Waals surface area contributed by atoms with Gasteiger partial charge in [0.15, 0.2) is 11.6 Å². The van der Waals surface area contributed by atoms with E-state index >= 15 is 0 Å². The highest BCUT2D eigenvalue weighted by Gasteiger charge is 2.23. The topological polar surface area (TPSA) is 103 Å². The van der Waals surface area contributed by atoms with Crippen molar-refractivity contribution >= 4 is 11.6 Å². The molecular weight excluding hydrogens is 504 g/mol. The molecule has 0 aliphatic heterocycles. The van der Waals surface area contributed by atoms with Gasteiger partial charge in [-0.25, -0.2) is 18.7 Å². The summed E-state index contributed by atoms with van der Waals surface area (Å²) in [5, 5.41) is 10.1. The molecule has 0 radical (unpaired) electrons. The average molecular weight is 528 g/mol. The first-order chi connectivity index (χ1) is 17.4. The number of pyridine rings is 3. The van der Waals surface area contributed by atoms with Crippen molar-refractivity contribution in [2.24, 2.45) is 0 Å². The van der Waals surface area contributed by atoms with Crippen LogP contribution in [0.2, 0.25) is 5.02 Å². The number of aliphatic hydroxyl groups is 1. The van der Waals surface area contributed by atoms with Crippen LogP contribution in [-0.4, -0.2) is 29.6 Å². The molecule has 4 heterocycles. The Morgan fingerprint density at radius 3 is 2.51 bits per heavy atom. The molecule has 1 N–H and O–H groups in total. The van der Waals surface area contributed by atoms with E-state index in [2.05, 4.69) is 19.9 Å². The molecule has 0 aromatic carbocycles. The van der Waals surface area contributed by atoms with Crippen LogP contribution in [0.25, 0.3) is 17.1 Å². The molecule has 0 amide bonds. The summed E-state index contributed by atoms with van der Waals surface area (Å²) < 4.78 is 34.1. The van der Waals surface area contributed by atoms with E-state index in [0.717, 1.165) is 6.20 Å². The van der Waals surface area contributed by atoms with E-state index in [4.69, 9.17) is 16.3 Å². The van der Waals surface area contributed by atoms with Gasteiger partial charge in [0.1, 0.15) is 34.5 Å². The lowest BCUT2D eigenvalue weighted by atomic mass is 10.0. The molecular formula is C26H24ClF2N5O3. The number of ether oxygens (including phenoxy) is 1. The van der Waals surface area contributed by atoms with Gasteiger partial charge in [-0.2, -0.15) is 0 Å². The highest BCUT2D eigenvalue weighted by molar-refractivity contribution is 6.31. The van der Waals surface area contributed by atoms with Crippen LogP contribution in [0.3, 0.4) is 0 Å². The minimum atomic E-state index is -1.25. The van der Waals surface area contributed by atoms with Gasteiger partial charge in [0.25, 0.3) is 5.56 Å². The maximum Gasteiger partial charge on any atom is 0.277 e. The molecule has 0 spiro atoms. The predicted molar refractivity (Wildman–Crippen MR) is 134 cm³/mol. The fraction of sp³-hybridized carbons (Fsp3) is 0.269. The molecule has 0 fully saturated rings. The van der Waals surface area contributed by atoms with Crippen molar-refractivity contribution in [2.75, 3.05) is 0 Å². The largest absolute Gasteiger partial charge is 0.485 e. The number of aromatic nitrogens is 5. The van der Waals surface area contributed by atoms with Crippen molar-refractivity contribution < 1.29 is 18.6 Å². The van der Waals surface area contributed by atoms with E-state index in [1.165, 1.54) is 10.8 Å². The van der Waals surface area contributed by atoms with Crippen LogP contribution in [-0.2, 0) is 12.2 Å². The van der Waals surface area contributed by atoms with Gasteiger partial charge < -0.3 is 9.84 Å². The highest BCUT2D eigenvalue weighted by atomic mass is 35.5. The van der Waals surface area contributed by atoms with E-state index in [-0.39, 0.29) is 28.9 Å². The van der Waals surface area contributed by atoms with E-state index < -0.39 is 22.8 Å². The average Bonchev–Trinajstić information content (AvgIpc) is 2.83. The van der Waals surface area contributed by atoms with Crippen molar-refractivity contribution in [3.63, 3.8) is 0 Å². The van der Waals surface area contributed by atoms with Gasteiger partial charge in [-0.05, 0) is 46.2 Å². The van der Waals surface area contributed by atoms with Gasteiger partial charge in [0, 0.05) is 35.8 Å². The molecule has 37 heavy (non-hydrogen) atoms. The van der Waals surface area contributed by atoms with Crippen LogP contribution >= 0.6 is 11.6 Å². The quantitative estimate of drug-likeness (QED) is 0.386. The van der Waals surface area contributed by atoms with Crippen LogP contribution in [0.4, 0.5) is 8.78 Å². The molecule has 4 aromatic rings. The molecule has 0 aliphatic carbocycles. The van der Waals surface area contributed by atoms with Crippen LogP contribution in [0, 0.1) is 32.4 Å². The summed E-state index contributed by atoms with van der Waals surface area (Å²) in [5.74, 6) is -1.40. The van der Waals surface area contributed by atoms with E-state index in [1.54, 1.807) is 39.1 Å². The molecule has 0 atom stereocenters. The molecule has 0 unspecified atom stereocenters. The van der Waals surface area contributed by atoms with Crippen molar-refractivity contribution in [2.45, 2.75) is 46.8 Å². The highest BCUT2D eigenvalue weighted by Crippen LogP contribution is 2.30. The summed E-state index contributed by atoms with van der Waals surface area (Å²) >= 11 is 6.39. The minimum absolute atomic E-state index is 0.0427. The monoisotopic (exact) mass is 527 g/mol. The first-order valence-corrected chi connectivity index (χ1v) is 11.6. The summed E-state index contributed by atoms with van der Waals surface area (Å²) in [7, 11) is 0. The summed E-state index contributed by atoms with van der Waals surface area (Å²) in [5.41, 5.74) is 1.51. The fourth-order valence-corrected chi connectivity index (χ4v) is 4.07. The molecule has 0 saturated carbocycles. The maximum absolute atomic E-state index is 13.9. The second-order valence-electron chi connectivity index (χ2n) is 9.06. The second-order valence-corrected chi connectivity index (χ2v) is 9.44. The van der Waals surface area contributed by atoms with Gasteiger partial charge in [0.05, 0.1) is 23.3 Å². The number of hydrogen-bond donors (Lipinski definition) is 1. The SMILES string of the molecule is Cc1cnc(-c2ccnc(C(C)(C)O)n2)c(C)c1-n1c(C)cc(OCc2ncc(F)cc2F)c(Cl)c1=O. The van der Waals surface area contributed by atoms with Gasteiger partial charge in [-0.15, -0.1) is 0 Å². The Bertz CT molecular complexity index is 1570. The molecule has 192 valence electrons. The number of aryl methyl sites for hydroxylation is 2. The number of rotatable bonds is 6. The summed E-state index contributed by atoms with van der Waals surface area (Å²) in [6.07, 6.45) is 4.04. The van der Waals surface area contributed by atoms with E-state index in [0.29, 0.717) is 40.0 Å². The van der Waals surface area contributed by atoms with Gasteiger partial charge in [-0.3, -0.25) is 19.3 Å². The minimum Gasteiger partial charge on any atom is -0.485 e. The van der Waals surface area contributed by atoms with E-state index in [1.807, 2.05) is 13.8 Å². The number of nitrogens with zero attached hydrogens (tertiary/aromatic N) is 5. The Morgan fingerprint density at radius 1 is 1.11 bits per heavy atom. The second kappa shape index (κ2) is 9.95. The first-order valence-electron chi connectivity index (χ1n) is 11.3. The lowest BCUT2D eigenvalue weighted by Crippen LogP contribution is -2.24. The van der Waals surface area contributed by atoms with Gasteiger partial charge >= 0.3 is 0 Å². The van der Waals surface area contributed by atoms with Crippen LogP contribution in [0.1, 0.15) is 42.2 Å². The van der Waals surface area contributed by atoms with Crippen LogP contribution in [0.15, 0.2) is 41.6 Å². The summed E-state index contributed by atoms with van der Waals surface area (Å²) in [6, 6.07) is 3.93. The summed E-state index contributed by atoms with van der Waals surface area (Å²) in [4.78, 5) is 30.2. The summed E-state index contributed by atoms with van der Waals surface area (Å²) in [6.45, 7) is 8.16. The van der Waals surface area contributed by atoms with Crippen molar-refractivity contribution in [3.05, 3.63) is 92.1 Å². The Balaban J connectivity index is 1.77. The molecule has 4 rings (SSSR count). The third-order valence-electron chi connectivity index (χ3n) is 5.69. The lowest BCUT2D eigenvalue weighted by Gasteiger charge is -2.20. The maximum atomic E-state index is 13.9. The number of hydrogen-bond acceptors (Lipinski definition) is 7. The van der Waals surface area contributed by atoms with Gasteiger partial charge in [0.2, 0.25) is 0 Å². The smallest absolute Gasteiger partial charge is 0.277 e. The predicted octanol–water partition coefficient (Wildman–Crippen LogP) is 4.75. The Labute approximate surface area is 216 Å². The van der Waals surface area contributed by atoms with Crippen molar-refractivity contribution in [1.82, 2.24) is 24.5 Å². The van der Waals surface area contributed by atoms with Gasteiger partial charge in [-0.1, -0.05) is 11.6 Å². The normalized spacial score (nSPS) is 11.6. The molecule has 11 heteroatoms. The van der Waals surface area contributed by atoms with Crippen molar-refractivity contribution in [1.29, 1.82) is 0 Å².